The van der Waals surface area contributed by atoms with E-state index in [-0.39, 0.29) is 0 Å². The lowest BCUT2D eigenvalue weighted by atomic mass is 10.1. The van der Waals surface area contributed by atoms with E-state index in [0.717, 1.165) is 48.6 Å². The molecule has 29 heavy (non-hydrogen) atoms. The summed E-state index contributed by atoms with van der Waals surface area (Å²) >= 11 is 11.6. The molecule has 2 aliphatic rings. The number of hydrogen-bond donors (Lipinski definition) is 0. The summed E-state index contributed by atoms with van der Waals surface area (Å²) in [6, 6.07) is 13.4. The van der Waals surface area contributed by atoms with Crippen LogP contribution >= 0.6 is 39.5 Å². The van der Waals surface area contributed by atoms with Crippen molar-refractivity contribution in [2.45, 2.75) is 30.2 Å². The maximum atomic E-state index is 5.98. The van der Waals surface area contributed by atoms with Crippen molar-refractivity contribution in [3.05, 3.63) is 57.7 Å². The van der Waals surface area contributed by atoms with Gasteiger partial charge in [-0.3, -0.25) is 4.68 Å². The van der Waals surface area contributed by atoms with Gasteiger partial charge in [0.15, 0.2) is 0 Å². The number of hydrogen-bond acceptors (Lipinski definition) is 4. The zero-order chi connectivity index (χ0) is 19.8. The van der Waals surface area contributed by atoms with Gasteiger partial charge in [0.1, 0.15) is 0 Å². The highest BCUT2D eigenvalue weighted by Gasteiger charge is 2.27. The van der Waals surface area contributed by atoms with Gasteiger partial charge >= 0.3 is 0 Å². The Hall–Kier alpha value is -1.05. The maximum absolute atomic E-state index is 5.98. The summed E-state index contributed by atoms with van der Waals surface area (Å²) in [7, 11) is 0. The Labute approximate surface area is 189 Å². The molecule has 0 atom stereocenters. The lowest BCUT2D eigenvalue weighted by molar-refractivity contribution is 0.198. The van der Waals surface area contributed by atoms with E-state index in [4.69, 9.17) is 11.6 Å². The molecular weight excluding hydrogens is 468 g/mol. The van der Waals surface area contributed by atoms with Crippen molar-refractivity contribution in [1.82, 2.24) is 19.0 Å². The Balaban J connectivity index is 1.16. The minimum Gasteiger partial charge on any atom is -0.300 e. The van der Waals surface area contributed by atoms with Crippen LogP contribution in [-0.2, 0) is 6.42 Å². The van der Waals surface area contributed by atoms with Crippen molar-refractivity contribution < 1.29 is 0 Å². The van der Waals surface area contributed by atoms with Gasteiger partial charge in [-0.25, -0.2) is 4.31 Å². The third-order valence-electron chi connectivity index (χ3n) is 5.71. The Kier molecular flexibility index (Phi) is 5.89. The van der Waals surface area contributed by atoms with Crippen molar-refractivity contribution >= 4 is 50.4 Å². The van der Waals surface area contributed by atoms with Gasteiger partial charge in [0, 0.05) is 52.5 Å². The maximum Gasteiger partial charge on any atom is 0.0828 e. The molecule has 0 unspecified atom stereocenters. The summed E-state index contributed by atoms with van der Waals surface area (Å²) in [5.41, 5.74) is 2.60. The van der Waals surface area contributed by atoms with Crippen LogP contribution in [0.25, 0.3) is 10.9 Å². The molecule has 0 amide bonds. The van der Waals surface area contributed by atoms with Gasteiger partial charge in [-0.2, -0.15) is 5.10 Å². The van der Waals surface area contributed by atoms with Gasteiger partial charge in [0.05, 0.1) is 17.8 Å². The Morgan fingerprint density at radius 3 is 2.55 bits per heavy atom. The van der Waals surface area contributed by atoms with Gasteiger partial charge in [0.2, 0.25) is 0 Å². The molecule has 5 rings (SSSR count). The second kappa shape index (κ2) is 8.60. The lowest BCUT2D eigenvalue weighted by Gasteiger charge is -2.33. The van der Waals surface area contributed by atoms with Crippen molar-refractivity contribution in [2.24, 2.45) is 0 Å². The van der Waals surface area contributed by atoms with E-state index >= 15 is 0 Å². The molecule has 2 aromatic carbocycles. The zero-order valence-electron chi connectivity index (χ0n) is 16.2. The summed E-state index contributed by atoms with van der Waals surface area (Å²) < 4.78 is 5.83. The molecule has 2 heterocycles. The largest absolute Gasteiger partial charge is 0.300 e. The van der Waals surface area contributed by atoms with Crippen LogP contribution < -0.4 is 0 Å². The Morgan fingerprint density at radius 2 is 1.83 bits per heavy atom. The monoisotopic (exact) mass is 490 g/mol. The smallest absolute Gasteiger partial charge is 0.0828 e. The number of halogens is 2. The van der Waals surface area contributed by atoms with E-state index in [2.05, 4.69) is 59.2 Å². The molecule has 0 spiro atoms. The quantitative estimate of drug-likeness (QED) is 0.416. The van der Waals surface area contributed by atoms with Crippen molar-refractivity contribution in [1.29, 1.82) is 0 Å². The van der Waals surface area contributed by atoms with E-state index in [0.29, 0.717) is 6.04 Å². The molecule has 1 saturated carbocycles. The van der Waals surface area contributed by atoms with Crippen LogP contribution in [0.3, 0.4) is 0 Å². The standard InChI is InChI=1S/C22H24BrClN4S/c23-21-14-20(13-17-15-25-28(22(17)21)19-5-6-19)29-27-11-9-26(10-12-27)8-7-16-1-3-18(24)4-2-16/h1-4,13-15,19H,5-12H2. The van der Waals surface area contributed by atoms with Crippen molar-refractivity contribution in [3.63, 3.8) is 0 Å². The second-order valence-electron chi connectivity index (χ2n) is 7.90. The number of nitrogens with zero attached hydrogens (tertiary/aromatic N) is 4. The summed E-state index contributed by atoms with van der Waals surface area (Å²) in [4.78, 5) is 3.85. The fraction of sp³-hybridized carbons (Fsp3) is 0.409. The second-order valence-corrected chi connectivity index (χ2v) is 10.4. The van der Waals surface area contributed by atoms with E-state index in [9.17, 15) is 0 Å². The number of piperazine rings is 1. The fourth-order valence-corrected chi connectivity index (χ4v) is 5.83. The minimum atomic E-state index is 0.600. The molecular formula is C22H24BrClN4S. The number of fused-ring (bicyclic) bond motifs is 1. The first-order valence-electron chi connectivity index (χ1n) is 10.2. The molecule has 1 aliphatic carbocycles. The molecule has 152 valence electrons. The number of aromatic nitrogens is 2. The number of benzene rings is 2. The SMILES string of the molecule is Clc1ccc(CCN2CCN(Sc3cc(Br)c4c(cnn4C4CC4)c3)CC2)cc1. The van der Waals surface area contributed by atoms with E-state index < -0.39 is 0 Å². The normalized spacial score (nSPS) is 18.6. The van der Waals surface area contributed by atoms with Gasteiger partial charge in [-0.1, -0.05) is 23.7 Å². The van der Waals surface area contributed by atoms with Crippen LogP contribution in [0.2, 0.25) is 5.02 Å². The molecule has 7 heteroatoms. The molecule has 0 N–H and O–H groups in total. The summed E-state index contributed by atoms with van der Waals surface area (Å²) in [6.07, 6.45) is 5.60. The molecule has 1 aliphatic heterocycles. The van der Waals surface area contributed by atoms with E-state index in [1.165, 1.54) is 34.2 Å². The van der Waals surface area contributed by atoms with Crippen molar-refractivity contribution in [2.75, 3.05) is 32.7 Å². The van der Waals surface area contributed by atoms with Gasteiger partial charge in [-0.05, 0) is 77.0 Å². The van der Waals surface area contributed by atoms with Gasteiger partial charge in [0.25, 0.3) is 0 Å². The molecule has 3 aromatic rings. The third kappa shape index (κ3) is 4.67. The average molecular weight is 492 g/mol. The molecule has 1 aromatic heterocycles. The molecule has 1 saturated heterocycles. The lowest BCUT2D eigenvalue weighted by Crippen LogP contribution is -2.44. The van der Waals surface area contributed by atoms with Crippen LogP contribution in [0.15, 0.2) is 52.0 Å². The van der Waals surface area contributed by atoms with Crippen LogP contribution in [-0.4, -0.2) is 51.7 Å². The Morgan fingerprint density at radius 1 is 1.07 bits per heavy atom. The van der Waals surface area contributed by atoms with E-state index in [1.807, 2.05) is 30.3 Å². The van der Waals surface area contributed by atoms with Gasteiger partial charge < -0.3 is 4.90 Å². The summed E-state index contributed by atoms with van der Waals surface area (Å²) in [5.74, 6) is 0. The zero-order valence-corrected chi connectivity index (χ0v) is 19.4. The first kappa shape index (κ1) is 19.9. The molecule has 4 nitrogen and oxygen atoms in total. The third-order valence-corrected chi connectivity index (χ3v) is 7.63. The van der Waals surface area contributed by atoms with Crippen LogP contribution in [0.5, 0.6) is 0 Å². The molecule has 0 radical (unpaired) electrons. The summed E-state index contributed by atoms with van der Waals surface area (Å²) in [6.45, 7) is 5.51. The van der Waals surface area contributed by atoms with Crippen LogP contribution in [0, 0.1) is 0 Å². The summed E-state index contributed by atoms with van der Waals surface area (Å²) in [5, 5.41) is 6.66. The molecule has 2 fully saturated rings. The Bertz CT molecular complexity index is 994. The minimum absolute atomic E-state index is 0.600. The average Bonchev–Trinajstić information content (AvgIpc) is 3.48. The van der Waals surface area contributed by atoms with E-state index in [1.54, 1.807) is 0 Å². The van der Waals surface area contributed by atoms with Gasteiger partial charge in [-0.15, -0.1) is 0 Å². The van der Waals surface area contributed by atoms with Crippen LogP contribution in [0.1, 0.15) is 24.4 Å². The predicted octanol–water partition coefficient (Wildman–Crippen LogP) is 5.65. The van der Waals surface area contributed by atoms with Crippen LogP contribution in [0.4, 0.5) is 0 Å². The number of rotatable bonds is 6. The highest BCUT2D eigenvalue weighted by molar-refractivity contribution is 9.10. The first-order chi connectivity index (χ1) is 14.2. The highest BCUT2D eigenvalue weighted by atomic mass is 79.9. The van der Waals surface area contributed by atoms with Crippen molar-refractivity contribution in [3.8, 4) is 0 Å². The predicted molar refractivity (Wildman–Crippen MR) is 125 cm³/mol. The fourth-order valence-electron chi connectivity index (χ4n) is 3.90. The molecule has 0 bridgehead atoms. The first-order valence-corrected chi connectivity index (χ1v) is 12.2. The highest BCUT2D eigenvalue weighted by Crippen LogP contribution is 2.40. The topological polar surface area (TPSA) is 24.3 Å².